The van der Waals surface area contributed by atoms with Crippen LogP contribution in [0.4, 0.5) is 0 Å². The SMILES string of the molecule is CS(=O)(=O)Cc1ccc(C2(N)CCC2)cc1. The third kappa shape index (κ3) is 2.44. The zero-order valence-electron chi connectivity index (χ0n) is 9.44. The Morgan fingerprint density at radius 3 is 2.19 bits per heavy atom. The molecule has 0 unspecified atom stereocenters. The first-order valence-electron chi connectivity index (χ1n) is 5.45. The molecule has 0 saturated heterocycles. The fraction of sp³-hybridized carbons (Fsp3) is 0.500. The van der Waals surface area contributed by atoms with Crippen LogP contribution in [0.3, 0.4) is 0 Å². The molecule has 1 aliphatic rings. The van der Waals surface area contributed by atoms with E-state index in [1.54, 1.807) is 0 Å². The predicted molar refractivity (Wildman–Crippen MR) is 64.7 cm³/mol. The lowest BCUT2D eigenvalue weighted by atomic mass is 9.73. The van der Waals surface area contributed by atoms with E-state index in [9.17, 15) is 8.42 Å². The summed E-state index contributed by atoms with van der Waals surface area (Å²) in [6.07, 6.45) is 4.48. The molecule has 3 nitrogen and oxygen atoms in total. The van der Waals surface area contributed by atoms with Gasteiger partial charge < -0.3 is 5.73 Å². The highest BCUT2D eigenvalue weighted by Gasteiger charge is 2.33. The average molecular weight is 239 g/mol. The maximum atomic E-state index is 11.1. The van der Waals surface area contributed by atoms with Gasteiger partial charge in [0.1, 0.15) is 0 Å². The van der Waals surface area contributed by atoms with Crippen molar-refractivity contribution in [3.8, 4) is 0 Å². The zero-order valence-corrected chi connectivity index (χ0v) is 10.3. The Morgan fingerprint density at radius 1 is 1.25 bits per heavy atom. The molecule has 1 fully saturated rings. The summed E-state index contributed by atoms with van der Waals surface area (Å²) in [6.45, 7) is 0. The smallest absolute Gasteiger partial charge is 0.151 e. The summed E-state index contributed by atoms with van der Waals surface area (Å²) in [6, 6.07) is 7.64. The van der Waals surface area contributed by atoms with Crippen molar-refractivity contribution >= 4 is 9.84 Å². The van der Waals surface area contributed by atoms with Gasteiger partial charge >= 0.3 is 0 Å². The van der Waals surface area contributed by atoms with Crippen LogP contribution in [-0.2, 0) is 21.1 Å². The third-order valence-corrected chi connectivity index (χ3v) is 4.06. The van der Waals surface area contributed by atoms with Crippen LogP contribution in [0.5, 0.6) is 0 Å². The number of hydrogen-bond donors (Lipinski definition) is 1. The van der Waals surface area contributed by atoms with Gasteiger partial charge in [-0.3, -0.25) is 0 Å². The van der Waals surface area contributed by atoms with Crippen molar-refractivity contribution < 1.29 is 8.42 Å². The van der Waals surface area contributed by atoms with Crippen molar-refractivity contribution in [1.29, 1.82) is 0 Å². The minimum Gasteiger partial charge on any atom is -0.321 e. The molecular weight excluding hydrogens is 222 g/mol. The van der Waals surface area contributed by atoms with Crippen molar-refractivity contribution in [1.82, 2.24) is 0 Å². The van der Waals surface area contributed by atoms with Crippen LogP contribution in [0.1, 0.15) is 30.4 Å². The highest BCUT2D eigenvalue weighted by atomic mass is 32.2. The number of sulfone groups is 1. The van der Waals surface area contributed by atoms with Crippen LogP contribution in [0.25, 0.3) is 0 Å². The largest absolute Gasteiger partial charge is 0.321 e. The first-order valence-corrected chi connectivity index (χ1v) is 7.51. The third-order valence-electron chi connectivity index (χ3n) is 3.20. The van der Waals surface area contributed by atoms with Gasteiger partial charge in [-0.2, -0.15) is 0 Å². The molecule has 2 rings (SSSR count). The van der Waals surface area contributed by atoms with Gasteiger partial charge in [0.25, 0.3) is 0 Å². The van der Waals surface area contributed by atoms with Crippen LogP contribution >= 0.6 is 0 Å². The number of rotatable bonds is 3. The number of benzene rings is 1. The summed E-state index contributed by atoms with van der Waals surface area (Å²) in [5.74, 6) is 0.102. The van der Waals surface area contributed by atoms with E-state index in [1.165, 1.54) is 12.7 Å². The van der Waals surface area contributed by atoms with Crippen molar-refractivity contribution in [3.05, 3.63) is 35.4 Å². The van der Waals surface area contributed by atoms with E-state index in [4.69, 9.17) is 5.73 Å². The van der Waals surface area contributed by atoms with E-state index < -0.39 is 9.84 Å². The monoisotopic (exact) mass is 239 g/mol. The van der Waals surface area contributed by atoms with Crippen molar-refractivity contribution in [2.75, 3.05) is 6.26 Å². The molecule has 2 N–H and O–H groups in total. The number of hydrogen-bond acceptors (Lipinski definition) is 3. The predicted octanol–water partition coefficient (Wildman–Crippen LogP) is 1.57. The Balaban J connectivity index is 2.17. The van der Waals surface area contributed by atoms with Crippen molar-refractivity contribution in [3.63, 3.8) is 0 Å². The molecule has 4 heteroatoms. The summed E-state index contributed by atoms with van der Waals surface area (Å²) in [5, 5.41) is 0. The van der Waals surface area contributed by atoms with Crippen molar-refractivity contribution in [2.45, 2.75) is 30.6 Å². The van der Waals surface area contributed by atoms with Gasteiger partial charge in [0.15, 0.2) is 9.84 Å². The van der Waals surface area contributed by atoms with Crippen molar-refractivity contribution in [2.24, 2.45) is 5.73 Å². The standard InChI is InChI=1S/C12H17NO2S/c1-16(14,15)9-10-3-5-11(6-4-10)12(13)7-2-8-12/h3-6H,2,7-9,13H2,1H3. The molecule has 88 valence electrons. The maximum Gasteiger partial charge on any atom is 0.151 e. The molecule has 16 heavy (non-hydrogen) atoms. The Kier molecular flexibility index (Phi) is 2.80. The van der Waals surface area contributed by atoms with E-state index in [0.717, 1.165) is 24.0 Å². The first-order chi connectivity index (χ1) is 7.39. The summed E-state index contributed by atoms with van der Waals surface area (Å²) < 4.78 is 22.3. The molecule has 0 atom stereocenters. The fourth-order valence-corrected chi connectivity index (χ4v) is 2.88. The summed E-state index contributed by atoms with van der Waals surface area (Å²) in [5.41, 5.74) is 7.97. The van der Waals surface area contributed by atoms with Gasteiger partial charge in [0.2, 0.25) is 0 Å². The molecule has 0 spiro atoms. The Morgan fingerprint density at radius 2 is 1.81 bits per heavy atom. The molecular formula is C12H17NO2S. The Bertz CT molecular complexity index is 472. The molecule has 1 aromatic carbocycles. The second-order valence-electron chi connectivity index (χ2n) is 4.78. The van der Waals surface area contributed by atoms with Crippen LogP contribution in [-0.4, -0.2) is 14.7 Å². The minimum absolute atomic E-state index is 0.102. The average Bonchev–Trinajstić information content (AvgIpc) is 2.13. The van der Waals surface area contributed by atoms with Gasteiger partial charge in [0.05, 0.1) is 5.75 Å². The molecule has 1 aromatic rings. The summed E-state index contributed by atoms with van der Waals surface area (Å²) >= 11 is 0. The Hall–Kier alpha value is -0.870. The number of nitrogens with two attached hydrogens (primary N) is 1. The van der Waals surface area contributed by atoms with Gasteiger partial charge in [-0.15, -0.1) is 0 Å². The molecule has 0 aliphatic heterocycles. The lowest BCUT2D eigenvalue weighted by Gasteiger charge is -2.38. The maximum absolute atomic E-state index is 11.1. The molecule has 0 bridgehead atoms. The topological polar surface area (TPSA) is 60.2 Å². The van der Waals surface area contributed by atoms with E-state index >= 15 is 0 Å². The van der Waals surface area contributed by atoms with Crippen LogP contribution < -0.4 is 5.73 Å². The van der Waals surface area contributed by atoms with E-state index in [0.29, 0.717) is 0 Å². The normalized spacial score (nSPS) is 19.1. The summed E-state index contributed by atoms with van der Waals surface area (Å²) in [4.78, 5) is 0. The van der Waals surface area contributed by atoms with E-state index in [-0.39, 0.29) is 11.3 Å². The van der Waals surface area contributed by atoms with E-state index in [2.05, 4.69) is 0 Å². The summed E-state index contributed by atoms with van der Waals surface area (Å²) in [7, 11) is -2.95. The van der Waals surface area contributed by atoms with Gasteiger partial charge in [0, 0.05) is 11.8 Å². The molecule has 0 amide bonds. The quantitative estimate of drug-likeness (QED) is 0.871. The fourth-order valence-electron chi connectivity index (χ4n) is 2.08. The van der Waals surface area contributed by atoms with Gasteiger partial charge in [-0.25, -0.2) is 8.42 Å². The second-order valence-corrected chi connectivity index (χ2v) is 6.92. The van der Waals surface area contributed by atoms with Crippen LogP contribution in [0, 0.1) is 0 Å². The highest BCUT2D eigenvalue weighted by Crippen LogP contribution is 2.38. The lowest BCUT2D eigenvalue weighted by Crippen LogP contribution is -2.43. The highest BCUT2D eigenvalue weighted by molar-refractivity contribution is 7.89. The Labute approximate surface area is 96.6 Å². The molecule has 1 saturated carbocycles. The molecule has 1 aliphatic carbocycles. The van der Waals surface area contributed by atoms with Gasteiger partial charge in [-0.05, 0) is 30.4 Å². The van der Waals surface area contributed by atoms with Gasteiger partial charge in [-0.1, -0.05) is 24.3 Å². The molecule has 0 heterocycles. The van der Waals surface area contributed by atoms with Crippen LogP contribution in [0.15, 0.2) is 24.3 Å². The lowest BCUT2D eigenvalue weighted by molar-refractivity contribution is 0.253. The van der Waals surface area contributed by atoms with E-state index in [1.807, 2.05) is 24.3 Å². The molecule has 0 aromatic heterocycles. The first kappa shape index (κ1) is 11.6. The molecule has 0 radical (unpaired) electrons. The zero-order chi connectivity index (χ0) is 11.8. The second kappa shape index (κ2) is 3.86. The minimum atomic E-state index is -2.95. The van der Waals surface area contributed by atoms with Crippen LogP contribution in [0.2, 0.25) is 0 Å².